The molecule has 1 aromatic carbocycles. The van der Waals surface area contributed by atoms with Crippen LogP contribution in [0.25, 0.3) is 11.0 Å². The van der Waals surface area contributed by atoms with Crippen LogP contribution in [0.3, 0.4) is 0 Å². The van der Waals surface area contributed by atoms with Gasteiger partial charge in [0.2, 0.25) is 0 Å². The number of aryl methyl sites for hydroxylation is 1. The van der Waals surface area contributed by atoms with Crippen LogP contribution in [0.2, 0.25) is 0 Å². The molecule has 0 spiro atoms. The van der Waals surface area contributed by atoms with Gasteiger partial charge in [0.05, 0.1) is 11.0 Å². The SMILES string of the molecule is NCCCCc1ccc2[nH]c(=O)c(=O)[nH]c2c1. The molecule has 0 saturated carbocycles. The fraction of sp³-hybridized carbons (Fsp3) is 0.333. The summed E-state index contributed by atoms with van der Waals surface area (Å²) in [5.74, 6) is 0. The molecule has 4 N–H and O–H groups in total. The molecule has 2 aromatic rings. The van der Waals surface area contributed by atoms with Crippen LogP contribution in [0.5, 0.6) is 0 Å². The first kappa shape index (κ1) is 11.6. The van der Waals surface area contributed by atoms with Gasteiger partial charge in [-0.3, -0.25) is 9.59 Å². The number of aromatic nitrogens is 2. The van der Waals surface area contributed by atoms with Crippen molar-refractivity contribution in [2.75, 3.05) is 6.54 Å². The Morgan fingerprint density at radius 2 is 1.71 bits per heavy atom. The Morgan fingerprint density at radius 1 is 1.00 bits per heavy atom. The van der Waals surface area contributed by atoms with Crippen LogP contribution in [0, 0.1) is 0 Å². The van der Waals surface area contributed by atoms with Crippen molar-refractivity contribution in [3.8, 4) is 0 Å². The highest BCUT2D eigenvalue weighted by atomic mass is 16.2. The maximum atomic E-state index is 11.2. The summed E-state index contributed by atoms with van der Waals surface area (Å²) in [6.45, 7) is 0.692. The van der Waals surface area contributed by atoms with Crippen molar-refractivity contribution in [1.82, 2.24) is 9.97 Å². The van der Waals surface area contributed by atoms with Gasteiger partial charge < -0.3 is 15.7 Å². The molecular weight excluding hydrogens is 218 g/mol. The number of nitrogens with one attached hydrogen (secondary N) is 2. The third-order valence-corrected chi connectivity index (χ3v) is 2.71. The number of nitrogens with two attached hydrogens (primary N) is 1. The van der Waals surface area contributed by atoms with Gasteiger partial charge in [0.15, 0.2) is 0 Å². The Balaban J connectivity index is 2.33. The van der Waals surface area contributed by atoms with E-state index in [0.29, 0.717) is 17.6 Å². The zero-order chi connectivity index (χ0) is 12.3. The largest absolute Gasteiger partial charge is 0.330 e. The molecule has 17 heavy (non-hydrogen) atoms. The maximum absolute atomic E-state index is 11.2. The lowest BCUT2D eigenvalue weighted by atomic mass is 10.1. The van der Waals surface area contributed by atoms with E-state index in [1.165, 1.54) is 0 Å². The molecule has 1 aromatic heterocycles. The number of aromatic amines is 2. The number of hydrogen-bond donors (Lipinski definition) is 3. The van der Waals surface area contributed by atoms with Crippen molar-refractivity contribution >= 4 is 11.0 Å². The van der Waals surface area contributed by atoms with Gasteiger partial charge in [-0.2, -0.15) is 0 Å². The molecule has 1 heterocycles. The molecule has 5 heteroatoms. The summed E-state index contributed by atoms with van der Waals surface area (Å²) < 4.78 is 0. The minimum Gasteiger partial charge on any atom is -0.330 e. The van der Waals surface area contributed by atoms with E-state index in [0.717, 1.165) is 24.8 Å². The van der Waals surface area contributed by atoms with E-state index in [4.69, 9.17) is 5.73 Å². The second-order valence-corrected chi connectivity index (χ2v) is 4.03. The first-order valence-corrected chi connectivity index (χ1v) is 5.66. The molecule has 0 atom stereocenters. The maximum Gasteiger partial charge on any atom is 0.314 e. The summed E-state index contributed by atoms with van der Waals surface area (Å²) in [6, 6.07) is 5.65. The van der Waals surface area contributed by atoms with E-state index < -0.39 is 11.1 Å². The van der Waals surface area contributed by atoms with E-state index in [-0.39, 0.29) is 0 Å². The van der Waals surface area contributed by atoms with E-state index in [9.17, 15) is 9.59 Å². The molecule has 0 saturated heterocycles. The predicted octanol–water partition coefficient (Wildman–Crippen LogP) is 0.498. The van der Waals surface area contributed by atoms with Crippen molar-refractivity contribution in [1.29, 1.82) is 0 Å². The first-order chi connectivity index (χ1) is 8.20. The molecule has 0 amide bonds. The summed E-state index contributed by atoms with van der Waals surface area (Å²) in [7, 11) is 0. The molecule has 0 unspecified atom stereocenters. The van der Waals surface area contributed by atoms with Crippen molar-refractivity contribution < 1.29 is 0 Å². The van der Waals surface area contributed by atoms with Gasteiger partial charge >= 0.3 is 11.1 Å². The molecule has 0 radical (unpaired) electrons. The Morgan fingerprint density at radius 3 is 2.41 bits per heavy atom. The fourth-order valence-corrected chi connectivity index (χ4v) is 1.79. The average molecular weight is 233 g/mol. The van der Waals surface area contributed by atoms with Crippen molar-refractivity contribution in [3.05, 3.63) is 44.5 Å². The number of unbranched alkanes of at least 4 members (excludes halogenated alkanes) is 1. The van der Waals surface area contributed by atoms with Crippen LogP contribution in [0.4, 0.5) is 0 Å². The number of benzene rings is 1. The lowest BCUT2D eigenvalue weighted by molar-refractivity contribution is 0.745. The Kier molecular flexibility index (Phi) is 3.39. The number of fused-ring (bicyclic) bond motifs is 1. The molecule has 0 aliphatic carbocycles. The summed E-state index contributed by atoms with van der Waals surface area (Å²) >= 11 is 0. The minimum atomic E-state index is -0.617. The molecular formula is C12H15N3O2. The highest BCUT2D eigenvalue weighted by Crippen LogP contribution is 2.11. The smallest absolute Gasteiger partial charge is 0.314 e. The normalized spacial score (nSPS) is 10.9. The van der Waals surface area contributed by atoms with Crippen LogP contribution in [0.15, 0.2) is 27.8 Å². The summed E-state index contributed by atoms with van der Waals surface area (Å²) in [4.78, 5) is 27.4. The Bertz CT molecular complexity index is 627. The third-order valence-electron chi connectivity index (χ3n) is 2.71. The summed E-state index contributed by atoms with van der Waals surface area (Å²) in [5, 5.41) is 0. The summed E-state index contributed by atoms with van der Waals surface area (Å²) in [6.07, 6.45) is 2.93. The monoisotopic (exact) mass is 233 g/mol. The molecule has 0 bridgehead atoms. The van der Waals surface area contributed by atoms with Crippen molar-refractivity contribution in [3.63, 3.8) is 0 Å². The van der Waals surface area contributed by atoms with Gasteiger partial charge in [0.1, 0.15) is 0 Å². The van der Waals surface area contributed by atoms with E-state index in [1.807, 2.05) is 18.2 Å². The second kappa shape index (κ2) is 4.97. The van der Waals surface area contributed by atoms with Crippen LogP contribution in [-0.4, -0.2) is 16.5 Å². The van der Waals surface area contributed by atoms with Gasteiger partial charge in [-0.05, 0) is 43.5 Å². The van der Waals surface area contributed by atoms with Crippen LogP contribution >= 0.6 is 0 Å². The Hall–Kier alpha value is -1.88. The average Bonchev–Trinajstić information content (AvgIpc) is 2.31. The zero-order valence-corrected chi connectivity index (χ0v) is 9.45. The molecule has 0 fully saturated rings. The predicted molar refractivity (Wildman–Crippen MR) is 67.2 cm³/mol. The van der Waals surface area contributed by atoms with Gasteiger partial charge in [-0.1, -0.05) is 6.07 Å². The topological polar surface area (TPSA) is 91.7 Å². The zero-order valence-electron chi connectivity index (χ0n) is 9.45. The van der Waals surface area contributed by atoms with Crippen molar-refractivity contribution in [2.24, 2.45) is 5.73 Å². The van der Waals surface area contributed by atoms with E-state index in [1.54, 1.807) is 0 Å². The van der Waals surface area contributed by atoms with Gasteiger partial charge in [0.25, 0.3) is 0 Å². The molecule has 5 nitrogen and oxygen atoms in total. The highest BCUT2D eigenvalue weighted by Gasteiger charge is 2.00. The first-order valence-electron chi connectivity index (χ1n) is 5.66. The fourth-order valence-electron chi connectivity index (χ4n) is 1.79. The van der Waals surface area contributed by atoms with Gasteiger partial charge in [-0.25, -0.2) is 0 Å². The number of hydrogen-bond acceptors (Lipinski definition) is 3. The number of H-pyrrole nitrogens is 2. The lowest BCUT2D eigenvalue weighted by Crippen LogP contribution is -2.28. The third kappa shape index (κ3) is 2.62. The van der Waals surface area contributed by atoms with Crippen LogP contribution in [-0.2, 0) is 6.42 Å². The quantitative estimate of drug-likeness (QED) is 0.530. The summed E-state index contributed by atoms with van der Waals surface area (Å²) in [5.41, 5.74) is 6.65. The van der Waals surface area contributed by atoms with E-state index >= 15 is 0 Å². The van der Waals surface area contributed by atoms with Gasteiger partial charge in [-0.15, -0.1) is 0 Å². The van der Waals surface area contributed by atoms with Gasteiger partial charge in [0, 0.05) is 0 Å². The van der Waals surface area contributed by atoms with E-state index in [2.05, 4.69) is 9.97 Å². The highest BCUT2D eigenvalue weighted by molar-refractivity contribution is 5.74. The van der Waals surface area contributed by atoms with Crippen molar-refractivity contribution in [2.45, 2.75) is 19.3 Å². The Labute approximate surface area is 97.7 Å². The number of rotatable bonds is 4. The molecule has 2 rings (SSSR count). The lowest BCUT2D eigenvalue weighted by Gasteiger charge is -2.02. The second-order valence-electron chi connectivity index (χ2n) is 4.03. The molecule has 0 aliphatic heterocycles. The van der Waals surface area contributed by atoms with Crippen LogP contribution < -0.4 is 16.9 Å². The molecule has 90 valence electrons. The standard InChI is InChI=1S/C12H15N3O2/c13-6-2-1-3-8-4-5-9-10(7-8)15-12(17)11(16)14-9/h4-5,7H,1-3,6,13H2,(H,14,16)(H,15,17). The molecule has 0 aliphatic rings. The minimum absolute atomic E-state index is 0.614. The van der Waals surface area contributed by atoms with Crippen LogP contribution in [0.1, 0.15) is 18.4 Å².